The molecule has 1 fully saturated rings. The smallest absolute Gasteiger partial charge is 0.236 e. The number of rotatable bonds is 11. The van der Waals surface area contributed by atoms with Gasteiger partial charge in [0.15, 0.2) is 10.3 Å². The first kappa shape index (κ1) is 22.5. The molecule has 8 nitrogen and oxygen atoms in total. The molecule has 168 valence electrons. The monoisotopic (exact) mass is 470 g/mol. The molecule has 10 heteroatoms. The molecule has 1 aromatic carbocycles. The Morgan fingerprint density at radius 3 is 2.72 bits per heavy atom. The SMILES string of the molecule is CCCc1ccc(-c2csc(NC(=O)CSc3nnc(C4CC4)n3CCC(N)=O)n2)cc1. The number of carbonyl (C=O) groups excluding carboxylic acids is 2. The predicted octanol–water partition coefficient (Wildman–Crippen LogP) is 3.84. The van der Waals surface area contributed by atoms with Crippen LogP contribution in [0.2, 0.25) is 0 Å². The van der Waals surface area contributed by atoms with Crippen molar-refractivity contribution in [1.82, 2.24) is 19.7 Å². The normalized spacial score (nSPS) is 13.3. The van der Waals surface area contributed by atoms with Crippen LogP contribution >= 0.6 is 23.1 Å². The number of thiazole rings is 1. The molecule has 2 aromatic heterocycles. The van der Waals surface area contributed by atoms with Crippen molar-refractivity contribution in [3.63, 3.8) is 0 Å². The molecule has 0 saturated heterocycles. The molecule has 32 heavy (non-hydrogen) atoms. The maximum Gasteiger partial charge on any atom is 0.236 e. The lowest BCUT2D eigenvalue weighted by Crippen LogP contribution is -2.17. The van der Waals surface area contributed by atoms with Crippen LogP contribution in [0.1, 0.15) is 49.9 Å². The van der Waals surface area contributed by atoms with E-state index in [1.165, 1.54) is 28.7 Å². The van der Waals surface area contributed by atoms with E-state index < -0.39 is 0 Å². The van der Waals surface area contributed by atoms with E-state index in [0.29, 0.717) is 22.8 Å². The van der Waals surface area contributed by atoms with E-state index in [1.807, 2.05) is 9.95 Å². The Balaban J connectivity index is 1.34. The third-order valence-corrected chi connectivity index (χ3v) is 6.87. The summed E-state index contributed by atoms with van der Waals surface area (Å²) in [5.74, 6) is 0.923. The Morgan fingerprint density at radius 2 is 2.03 bits per heavy atom. The van der Waals surface area contributed by atoms with Gasteiger partial charge in [-0.05, 0) is 24.8 Å². The molecule has 3 N–H and O–H groups in total. The van der Waals surface area contributed by atoms with Crippen molar-refractivity contribution >= 4 is 40.0 Å². The molecule has 0 spiro atoms. The summed E-state index contributed by atoms with van der Waals surface area (Å²) in [5.41, 5.74) is 8.50. The van der Waals surface area contributed by atoms with E-state index in [0.717, 1.165) is 42.8 Å². The highest BCUT2D eigenvalue weighted by atomic mass is 32.2. The summed E-state index contributed by atoms with van der Waals surface area (Å²) < 4.78 is 1.92. The number of aromatic nitrogens is 4. The Kier molecular flexibility index (Phi) is 7.21. The van der Waals surface area contributed by atoms with Crippen molar-refractivity contribution in [3.05, 3.63) is 41.0 Å². The average Bonchev–Trinajstić information content (AvgIpc) is 3.38. The minimum atomic E-state index is -0.367. The lowest BCUT2D eigenvalue weighted by Gasteiger charge is -2.08. The molecular weight excluding hydrogens is 444 g/mol. The number of anilines is 1. The summed E-state index contributed by atoms with van der Waals surface area (Å²) in [7, 11) is 0. The molecule has 2 amide bonds. The van der Waals surface area contributed by atoms with Crippen LogP contribution in [-0.2, 0) is 22.6 Å². The van der Waals surface area contributed by atoms with Gasteiger partial charge in [-0.2, -0.15) is 0 Å². The fraction of sp³-hybridized carbons (Fsp3) is 0.409. The van der Waals surface area contributed by atoms with Crippen LogP contribution < -0.4 is 11.1 Å². The third-order valence-electron chi connectivity index (χ3n) is 5.14. The van der Waals surface area contributed by atoms with Gasteiger partial charge in [-0.15, -0.1) is 21.5 Å². The Hall–Kier alpha value is -2.72. The first-order valence-corrected chi connectivity index (χ1v) is 12.6. The molecule has 4 rings (SSSR count). The van der Waals surface area contributed by atoms with Crippen molar-refractivity contribution in [2.75, 3.05) is 11.1 Å². The highest BCUT2D eigenvalue weighted by Crippen LogP contribution is 2.40. The van der Waals surface area contributed by atoms with Crippen LogP contribution in [0.3, 0.4) is 0 Å². The quantitative estimate of drug-likeness (QED) is 0.411. The number of nitrogens with one attached hydrogen (secondary N) is 1. The van der Waals surface area contributed by atoms with Gasteiger partial charge in [0.2, 0.25) is 11.8 Å². The maximum atomic E-state index is 12.5. The average molecular weight is 471 g/mol. The molecular formula is C22H26N6O2S2. The van der Waals surface area contributed by atoms with Gasteiger partial charge < -0.3 is 15.6 Å². The summed E-state index contributed by atoms with van der Waals surface area (Å²) in [6.45, 7) is 2.60. The number of hydrogen-bond donors (Lipinski definition) is 2. The summed E-state index contributed by atoms with van der Waals surface area (Å²) >= 11 is 2.71. The van der Waals surface area contributed by atoms with Gasteiger partial charge in [0, 0.05) is 29.8 Å². The second-order valence-electron chi connectivity index (χ2n) is 7.80. The fourth-order valence-corrected chi connectivity index (χ4v) is 4.87. The molecule has 1 saturated carbocycles. The van der Waals surface area contributed by atoms with E-state index in [2.05, 4.69) is 51.7 Å². The number of primary amides is 1. The van der Waals surface area contributed by atoms with Crippen LogP contribution in [0.25, 0.3) is 11.3 Å². The number of amides is 2. The molecule has 0 atom stereocenters. The van der Waals surface area contributed by atoms with E-state index in [-0.39, 0.29) is 24.0 Å². The van der Waals surface area contributed by atoms with Gasteiger partial charge in [0.05, 0.1) is 11.4 Å². The first-order chi connectivity index (χ1) is 15.5. The predicted molar refractivity (Wildman–Crippen MR) is 127 cm³/mol. The second kappa shape index (κ2) is 10.3. The van der Waals surface area contributed by atoms with Gasteiger partial charge in [0.1, 0.15) is 5.82 Å². The number of nitrogens with two attached hydrogens (primary N) is 1. The van der Waals surface area contributed by atoms with E-state index in [1.54, 1.807) is 0 Å². The largest absolute Gasteiger partial charge is 0.370 e. The van der Waals surface area contributed by atoms with Crippen molar-refractivity contribution in [3.8, 4) is 11.3 Å². The van der Waals surface area contributed by atoms with Crippen molar-refractivity contribution in [2.45, 2.75) is 56.6 Å². The van der Waals surface area contributed by atoms with E-state index in [9.17, 15) is 9.59 Å². The second-order valence-corrected chi connectivity index (χ2v) is 9.61. The molecule has 0 unspecified atom stereocenters. The minimum Gasteiger partial charge on any atom is -0.370 e. The molecule has 2 heterocycles. The Bertz CT molecular complexity index is 1090. The topological polar surface area (TPSA) is 116 Å². The van der Waals surface area contributed by atoms with Gasteiger partial charge in [-0.1, -0.05) is 49.4 Å². The van der Waals surface area contributed by atoms with Gasteiger partial charge in [-0.25, -0.2) is 4.98 Å². The van der Waals surface area contributed by atoms with E-state index in [4.69, 9.17) is 5.73 Å². The number of benzene rings is 1. The Morgan fingerprint density at radius 1 is 1.25 bits per heavy atom. The molecule has 0 bridgehead atoms. The van der Waals surface area contributed by atoms with Crippen molar-refractivity contribution in [2.24, 2.45) is 5.73 Å². The molecule has 0 aliphatic heterocycles. The van der Waals surface area contributed by atoms with Crippen LogP contribution in [0.4, 0.5) is 5.13 Å². The summed E-state index contributed by atoms with van der Waals surface area (Å²) in [4.78, 5) is 28.2. The zero-order valence-electron chi connectivity index (χ0n) is 17.9. The summed E-state index contributed by atoms with van der Waals surface area (Å²) in [6, 6.07) is 8.38. The zero-order chi connectivity index (χ0) is 22.5. The zero-order valence-corrected chi connectivity index (χ0v) is 19.5. The third kappa shape index (κ3) is 5.74. The standard InChI is InChI=1S/C22H26N6O2S2/c1-2-3-14-4-6-15(7-5-14)17-12-31-21(24-17)25-19(30)13-32-22-27-26-20(16-8-9-16)28(22)11-10-18(23)29/h4-7,12,16H,2-3,8-11,13H2,1H3,(H2,23,29)(H,24,25,30). The molecule has 0 radical (unpaired) electrons. The summed E-state index contributed by atoms with van der Waals surface area (Å²) in [5, 5.41) is 14.5. The first-order valence-electron chi connectivity index (χ1n) is 10.7. The number of thioether (sulfide) groups is 1. The highest BCUT2D eigenvalue weighted by Gasteiger charge is 2.30. The number of aryl methyl sites for hydroxylation is 1. The summed E-state index contributed by atoms with van der Waals surface area (Å²) in [6.07, 6.45) is 4.56. The molecule has 1 aliphatic rings. The van der Waals surface area contributed by atoms with Gasteiger partial charge in [0.25, 0.3) is 0 Å². The van der Waals surface area contributed by atoms with Crippen LogP contribution in [0, 0.1) is 0 Å². The number of nitrogens with zero attached hydrogens (tertiary/aromatic N) is 4. The molecule has 1 aliphatic carbocycles. The number of hydrogen-bond acceptors (Lipinski definition) is 7. The molecule has 3 aromatic rings. The Labute approximate surface area is 195 Å². The lowest BCUT2D eigenvalue weighted by molar-refractivity contribution is -0.118. The fourth-order valence-electron chi connectivity index (χ4n) is 3.36. The van der Waals surface area contributed by atoms with Gasteiger partial charge in [-0.3, -0.25) is 9.59 Å². The van der Waals surface area contributed by atoms with Crippen molar-refractivity contribution in [1.29, 1.82) is 0 Å². The van der Waals surface area contributed by atoms with E-state index >= 15 is 0 Å². The maximum absolute atomic E-state index is 12.5. The minimum absolute atomic E-state index is 0.161. The van der Waals surface area contributed by atoms with Crippen LogP contribution in [0.15, 0.2) is 34.8 Å². The van der Waals surface area contributed by atoms with Crippen LogP contribution in [0.5, 0.6) is 0 Å². The van der Waals surface area contributed by atoms with Gasteiger partial charge >= 0.3 is 0 Å². The van der Waals surface area contributed by atoms with Crippen molar-refractivity contribution < 1.29 is 9.59 Å². The van der Waals surface area contributed by atoms with Crippen LogP contribution in [-0.4, -0.2) is 37.3 Å². The highest BCUT2D eigenvalue weighted by molar-refractivity contribution is 7.99. The number of carbonyl (C=O) groups is 2. The lowest BCUT2D eigenvalue weighted by atomic mass is 10.1.